The van der Waals surface area contributed by atoms with Crippen molar-refractivity contribution < 1.29 is 4.79 Å². The molecule has 17 heavy (non-hydrogen) atoms. The molecule has 1 rings (SSSR count). The van der Waals surface area contributed by atoms with Crippen molar-refractivity contribution in [2.45, 2.75) is 20.8 Å². The maximum absolute atomic E-state index is 12.1. The van der Waals surface area contributed by atoms with E-state index in [1.54, 1.807) is 18.7 Å². The molecular weight excluding hydrogens is 218 g/mol. The van der Waals surface area contributed by atoms with Gasteiger partial charge in [0.05, 0.1) is 23.4 Å². The highest BCUT2D eigenvalue weighted by Crippen LogP contribution is 2.15. The van der Waals surface area contributed by atoms with E-state index < -0.39 is 0 Å². The van der Waals surface area contributed by atoms with Gasteiger partial charge in [-0.1, -0.05) is 0 Å². The first-order valence-electron chi connectivity index (χ1n) is 5.50. The van der Waals surface area contributed by atoms with Gasteiger partial charge in [-0.2, -0.15) is 10.4 Å². The number of aromatic nitrogens is 2. The number of anilines is 1. The van der Waals surface area contributed by atoms with Crippen molar-refractivity contribution in [1.82, 2.24) is 15.1 Å². The van der Waals surface area contributed by atoms with Crippen LogP contribution in [-0.2, 0) is 0 Å². The molecule has 3 N–H and O–H groups in total. The molecule has 0 aromatic carbocycles. The Morgan fingerprint density at radius 3 is 2.76 bits per heavy atom. The number of nitrogens with zero attached hydrogens (tertiary/aromatic N) is 3. The quantitative estimate of drug-likeness (QED) is 0.810. The van der Waals surface area contributed by atoms with Crippen LogP contribution in [0.4, 0.5) is 5.69 Å². The third-order valence-electron chi connectivity index (χ3n) is 2.58. The Morgan fingerprint density at radius 2 is 2.35 bits per heavy atom. The number of nitrogens with two attached hydrogens (primary N) is 1. The normalized spacial score (nSPS) is 11.9. The molecule has 1 heterocycles. The molecule has 0 spiro atoms. The highest BCUT2D eigenvalue weighted by Gasteiger charge is 2.22. The molecule has 92 valence electrons. The molecular formula is C11H17N5O. The zero-order valence-corrected chi connectivity index (χ0v) is 10.3. The summed E-state index contributed by atoms with van der Waals surface area (Å²) in [5.74, 6) is -0.448. The number of carbonyl (C=O) groups excluding carboxylic acids is 1. The maximum atomic E-state index is 12.1. The number of H-pyrrole nitrogens is 1. The predicted octanol–water partition coefficient (Wildman–Crippen LogP) is 0.922. The van der Waals surface area contributed by atoms with Crippen LogP contribution in [0, 0.1) is 24.2 Å². The number of aromatic amines is 1. The molecule has 1 unspecified atom stereocenters. The second-order valence-corrected chi connectivity index (χ2v) is 3.98. The highest BCUT2D eigenvalue weighted by molar-refractivity contribution is 5.97. The second kappa shape index (κ2) is 5.34. The molecule has 0 bridgehead atoms. The average Bonchev–Trinajstić information content (AvgIpc) is 2.66. The van der Waals surface area contributed by atoms with Crippen LogP contribution >= 0.6 is 0 Å². The number of nitrogen functional groups attached to an aromatic ring is 1. The first-order valence-corrected chi connectivity index (χ1v) is 5.50. The number of aryl methyl sites for hydroxylation is 1. The van der Waals surface area contributed by atoms with Gasteiger partial charge in [0, 0.05) is 13.1 Å². The van der Waals surface area contributed by atoms with Crippen molar-refractivity contribution in [3.63, 3.8) is 0 Å². The molecule has 1 aromatic rings. The molecule has 1 amide bonds. The van der Waals surface area contributed by atoms with E-state index in [9.17, 15) is 4.79 Å². The minimum absolute atomic E-state index is 0.208. The monoisotopic (exact) mass is 235 g/mol. The molecule has 0 radical (unpaired) electrons. The lowest BCUT2D eigenvalue weighted by molar-refractivity contribution is 0.0748. The maximum Gasteiger partial charge on any atom is 0.276 e. The third-order valence-corrected chi connectivity index (χ3v) is 2.58. The Hall–Kier alpha value is -2.03. The molecule has 1 aromatic heterocycles. The van der Waals surface area contributed by atoms with Gasteiger partial charge in [-0.3, -0.25) is 9.89 Å². The van der Waals surface area contributed by atoms with Gasteiger partial charge in [0.15, 0.2) is 5.69 Å². The Morgan fingerprint density at radius 1 is 1.71 bits per heavy atom. The number of hydrogen-bond donors (Lipinski definition) is 2. The fourth-order valence-electron chi connectivity index (χ4n) is 1.48. The van der Waals surface area contributed by atoms with E-state index >= 15 is 0 Å². The summed E-state index contributed by atoms with van der Waals surface area (Å²) >= 11 is 0. The van der Waals surface area contributed by atoms with Gasteiger partial charge in [0.2, 0.25) is 0 Å². The van der Waals surface area contributed by atoms with Crippen molar-refractivity contribution in [2.24, 2.45) is 5.92 Å². The molecule has 0 aliphatic rings. The average molecular weight is 235 g/mol. The zero-order chi connectivity index (χ0) is 13.0. The molecule has 0 saturated carbocycles. The van der Waals surface area contributed by atoms with E-state index in [1.807, 2.05) is 6.92 Å². The number of nitriles is 1. The van der Waals surface area contributed by atoms with Crippen LogP contribution < -0.4 is 5.73 Å². The van der Waals surface area contributed by atoms with Crippen LogP contribution in [0.1, 0.15) is 30.0 Å². The van der Waals surface area contributed by atoms with E-state index in [4.69, 9.17) is 11.0 Å². The summed E-state index contributed by atoms with van der Waals surface area (Å²) in [6.45, 7) is 6.30. The second-order valence-electron chi connectivity index (χ2n) is 3.98. The van der Waals surface area contributed by atoms with Crippen LogP contribution in [0.5, 0.6) is 0 Å². The van der Waals surface area contributed by atoms with E-state index in [-0.39, 0.29) is 17.5 Å². The molecule has 6 heteroatoms. The lowest BCUT2D eigenvalue weighted by atomic mass is 10.2. The number of amides is 1. The van der Waals surface area contributed by atoms with Gasteiger partial charge >= 0.3 is 0 Å². The zero-order valence-electron chi connectivity index (χ0n) is 10.3. The number of hydrogen-bond acceptors (Lipinski definition) is 4. The third kappa shape index (κ3) is 2.75. The smallest absolute Gasteiger partial charge is 0.276 e. The van der Waals surface area contributed by atoms with E-state index in [0.29, 0.717) is 24.5 Å². The summed E-state index contributed by atoms with van der Waals surface area (Å²) in [6, 6.07) is 2.10. The van der Waals surface area contributed by atoms with Crippen LogP contribution in [0.15, 0.2) is 0 Å². The Bertz CT molecular complexity index is 445. The number of carbonyl (C=O) groups is 1. The molecule has 1 atom stereocenters. The first kappa shape index (κ1) is 13.0. The largest absolute Gasteiger partial charge is 0.395 e. The lowest BCUT2D eigenvalue weighted by Gasteiger charge is -2.21. The Balaban J connectivity index is 2.87. The Labute approximate surface area is 100 Å². The summed E-state index contributed by atoms with van der Waals surface area (Å²) < 4.78 is 0. The Kier molecular flexibility index (Phi) is 4.10. The standard InChI is InChI=1S/C11H17N5O/c1-4-16(6-7(2)5-12)11(17)10-9(13)8(3)14-15-10/h7H,4,6,13H2,1-3H3,(H,14,15). The van der Waals surface area contributed by atoms with Gasteiger partial charge in [-0.25, -0.2) is 0 Å². The van der Waals surface area contributed by atoms with Gasteiger partial charge < -0.3 is 10.6 Å². The van der Waals surface area contributed by atoms with Crippen LogP contribution in [0.2, 0.25) is 0 Å². The minimum atomic E-state index is -0.239. The molecule has 6 nitrogen and oxygen atoms in total. The van der Waals surface area contributed by atoms with E-state index in [1.165, 1.54) is 0 Å². The predicted molar refractivity (Wildman–Crippen MR) is 64.1 cm³/mol. The molecule has 0 saturated heterocycles. The van der Waals surface area contributed by atoms with Crippen molar-refractivity contribution >= 4 is 11.6 Å². The summed E-state index contributed by atoms with van der Waals surface area (Å²) in [5.41, 5.74) is 7.04. The molecule has 0 aliphatic heterocycles. The summed E-state index contributed by atoms with van der Waals surface area (Å²) in [7, 11) is 0. The fourth-order valence-corrected chi connectivity index (χ4v) is 1.48. The summed E-state index contributed by atoms with van der Waals surface area (Å²) in [5, 5.41) is 15.3. The summed E-state index contributed by atoms with van der Waals surface area (Å²) in [6.07, 6.45) is 0. The topological polar surface area (TPSA) is 98.8 Å². The van der Waals surface area contributed by atoms with Crippen LogP contribution in [-0.4, -0.2) is 34.1 Å². The number of rotatable bonds is 4. The van der Waals surface area contributed by atoms with Gasteiger partial charge in [0.1, 0.15) is 0 Å². The highest BCUT2D eigenvalue weighted by atomic mass is 16.2. The molecule has 0 aliphatic carbocycles. The van der Waals surface area contributed by atoms with Gasteiger partial charge in [0.25, 0.3) is 5.91 Å². The van der Waals surface area contributed by atoms with Crippen molar-refractivity contribution in [3.8, 4) is 6.07 Å². The van der Waals surface area contributed by atoms with Crippen molar-refractivity contribution in [3.05, 3.63) is 11.4 Å². The molecule has 0 fully saturated rings. The van der Waals surface area contributed by atoms with Crippen molar-refractivity contribution in [2.75, 3.05) is 18.8 Å². The van der Waals surface area contributed by atoms with Crippen LogP contribution in [0.25, 0.3) is 0 Å². The van der Waals surface area contributed by atoms with Gasteiger partial charge in [-0.05, 0) is 20.8 Å². The SMILES string of the molecule is CCN(CC(C)C#N)C(=O)c1n[nH]c(C)c1N. The summed E-state index contributed by atoms with van der Waals surface area (Å²) in [4.78, 5) is 13.7. The van der Waals surface area contributed by atoms with E-state index in [2.05, 4.69) is 16.3 Å². The lowest BCUT2D eigenvalue weighted by Crippen LogP contribution is -2.35. The first-order chi connectivity index (χ1) is 8.01. The van der Waals surface area contributed by atoms with Crippen molar-refractivity contribution in [1.29, 1.82) is 5.26 Å². The van der Waals surface area contributed by atoms with Crippen LogP contribution in [0.3, 0.4) is 0 Å². The fraction of sp³-hybridized carbons (Fsp3) is 0.545. The minimum Gasteiger partial charge on any atom is -0.395 e. The number of nitrogens with one attached hydrogen (secondary N) is 1. The van der Waals surface area contributed by atoms with Gasteiger partial charge in [-0.15, -0.1) is 0 Å². The van der Waals surface area contributed by atoms with E-state index in [0.717, 1.165) is 0 Å².